The third-order valence-electron chi connectivity index (χ3n) is 3.33. The fourth-order valence-electron chi connectivity index (χ4n) is 2.36. The zero-order valence-corrected chi connectivity index (χ0v) is 11.0. The standard InChI is InChI=1S/C13H22N4O/c1-17-9-7-12(16-17)6-8-14-10-13(18)15-11-4-2-3-5-11/h7,9,11,14H,2-6,8,10H2,1H3,(H,15,18). The monoisotopic (exact) mass is 250 g/mol. The van der Waals surface area contributed by atoms with Crippen LogP contribution < -0.4 is 10.6 Å². The van der Waals surface area contributed by atoms with E-state index in [-0.39, 0.29) is 5.91 Å². The van der Waals surface area contributed by atoms with E-state index < -0.39 is 0 Å². The zero-order chi connectivity index (χ0) is 12.8. The van der Waals surface area contributed by atoms with Gasteiger partial charge in [0, 0.05) is 32.3 Å². The van der Waals surface area contributed by atoms with Gasteiger partial charge < -0.3 is 10.6 Å². The molecular weight excluding hydrogens is 228 g/mol. The number of hydrogen-bond donors (Lipinski definition) is 2. The molecule has 0 spiro atoms. The van der Waals surface area contributed by atoms with Crippen molar-refractivity contribution in [3.63, 3.8) is 0 Å². The Labute approximate surface area is 108 Å². The highest BCUT2D eigenvalue weighted by Gasteiger charge is 2.16. The van der Waals surface area contributed by atoms with Crippen LogP contribution in [0.5, 0.6) is 0 Å². The van der Waals surface area contributed by atoms with E-state index in [4.69, 9.17) is 0 Å². The summed E-state index contributed by atoms with van der Waals surface area (Å²) in [6.45, 7) is 1.19. The molecule has 1 fully saturated rings. The van der Waals surface area contributed by atoms with Gasteiger partial charge in [-0.3, -0.25) is 9.48 Å². The molecule has 0 aromatic carbocycles. The Morgan fingerprint density at radius 1 is 1.50 bits per heavy atom. The summed E-state index contributed by atoms with van der Waals surface area (Å²) in [5, 5.41) is 10.5. The average molecular weight is 250 g/mol. The molecule has 0 saturated heterocycles. The highest BCUT2D eigenvalue weighted by molar-refractivity contribution is 5.78. The fourth-order valence-corrected chi connectivity index (χ4v) is 2.36. The van der Waals surface area contributed by atoms with Crippen molar-refractivity contribution in [1.29, 1.82) is 0 Å². The molecule has 1 aromatic rings. The number of hydrogen-bond acceptors (Lipinski definition) is 3. The summed E-state index contributed by atoms with van der Waals surface area (Å²) in [4.78, 5) is 11.6. The van der Waals surface area contributed by atoms with Crippen LogP contribution in [0.4, 0.5) is 0 Å². The molecule has 1 aliphatic rings. The molecule has 2 rings (SSSR count). The first-order chi connectivity index (χ1) is 8.74. The average Bonchev–Trinajstić information content (AvgIpc) is 2.96. The van der Waals surface area contributed by atoms with E-state index >= 15 is 0 Å². The minimum atomic E-state index is 0.114. The first-order valence-electron chi connectivity index (χ1n) is 6.72. The second-order valence-corrected chi connectivity index (χ2v) is 4.96. The predicted molar refractivity (Wildman–Crippen MR) is 70.2 cm³/mol. The third-order valence-corrected chi connectivity index (χ3v) is 3.33. The maximum atomic E-state index is 11.6. The van der Waals surface area contributed by atoms with Crippen molar-refractivity contribution in [1.82, 2.24) is 20.4 Å². The Bertz CT molecular complexity index is 382. The molecule has 0 aliphatic heterocycles. The molecule has 1 heterocycles. The van der Waals surface area contributed by atoms with Gasteiger partial charge >= 0.3 is 0 Å². The summed E-state index contributed by atoms with van der Waals surface area (Å²) in [7, 11) is 1.91. The maximum Gasteiger partial charge on any atom is 0.234 e. The Morgan fingerprint density at radius 2 is 2.28 bits per heavy atom. The molecule has 2 N–H and O–H groups in total. The molecule has 1 aromatic heterocycles. The quantitative estimate of drug-likeness (QED) is 0.727. The fraction of sp³-hybridized carbons (Fsp3) is 0.692. The summed E-state index contributed by atoms with van der Waals surface area (Å²) >= 11 is 0. The van der Waals surface area contributed by atoms with E-state index in [9.17, 15) is 4.79 Å². The second kappa shape index (κ2) is 6.54. The zero-order valence-electron chi connectivity index (χ0n) is 11.0. The smallest absolute Gasteiger partial charge is 0.234 e. The van der Waals surface area contributed by atoms with Crippen LogP contribution >= 0.6 is 0 Å². The number of carbonyl (C=O) groups is 1. The number of rotatable bonds is 6. The van der Waals surface area contributed by atoms with Crippen LogP contribution in [0.1, 0.15) is 31.4 Å². The van der Waals surface area contributed by atoms with Gasteiger partial charge in [0.2, 0.25) is 5.91 Å². The molecule has 1 saturated carbocycles. The van der Waals surface area contributed by atoms with Crippen molar-refractivity contribution in [3.05, 3.63) is 18.0 Å². The second-order valence-electron chi connectivity index (χ2n) is 4.96. The number of nitrogens with zero attached hydrogens (tertiary/aromatic N) is 2. The van der Waals surface area contributed by atoms with Gasteiger partial charge in [-0.1, -0.05) is 12.8 Å². The van der Waals surface area contributed by atoms with Crippen molar-refractivity contribution < 1.29 is 4.79 Å². The first kappa shape index (κ1) is 13.1. The number of nitrogens with one attached hydrogen (secondary N) is 2. The van der Waals surface area contributed by atoms with Crippen LogP contribution in [-0.2, 0) is 18.3 Å². The highest BCUT2D eigenvalue weighted by Crippen LogP contribution is 2.17. The van der Waals surface area contributed by atoms with E-state index in [0.717, 1.165) is 31.5 Å². The van der Waals surface area contributed by atoms with Gasteiger partial charge in [0.1, 0.15) is 0 Å². The largest absolute Gasteiger partial charge is 0.352 e. The Kier molecular flexibility index (Phi) is 4.75. The van der Waals surface area contributed by atoms with E-state index in [1.165, 1.54) is 12.8 Å². The van der Waals surface area contributed by atoms with Crippen LogP contribution in [0.3, 0.4) is 0 Å². The van der Waals surface area contributed by atoms with Gasteiger partial charge in [0.05, 0.1) is 12.2 Å². The molecule has 0 radical (unpaired) electrons. The van der Waals surface area contributed by atoms with E-state index in [2.05, 4.69) is 15.7 Å². The van der Waals surface area contributed by atoms with E-state index in [0.29, 0.717) is 12.6 Å². The summed E-state index contributed by atoms with van der Waals surface area (Å²) in [5.41, 5.74) is 1.06. The number of amides is 1. The lowest BCUT2D eigenvalue weighted by molar-refractivity contribution is -0.120. The molecule has 0 unspecified atom stereocenters. The lowest BCUT2D eigenvalue weighted by Crippen LogP contribution is -2.39. The molecule has 18 heavy (non-hydrogen) atoms. The topological polar surface area (TPSA) is 59.0 Å². The summed E-state index contributed by atoms with van der Waals surface area (Å²) in [6, 6.07) is 2.41. The van der Waals surface area contributed by atoms with Crippen LogP contribution in [0.15, 0.2) is 12.3 Å². The van der Waals surface area contributed by atoms with Gasteiger partial charge in [0.25, 0.3) is 0 Å². The van der Waals surface area contributed by atoms with Crippen molar-refractivity contribution >= 4 is 5.91 Å². The van der Waals surface area contributed by atoms with Gasteiger partial charge in [-0.05, 0) is 18.9 Å². The van der Waals surface area contributed by atoms with Crippen LogP contribution in [0.25, 0.3) is 0 Å². The van der Waals surface area contributed by atoms with Gasteiger partial charge in [-0.25, -0.2) is 0 Å². The molecular formula is C13H22N4O. The Hall–Kier alpha value is -1.36. The molecule has 1 aliphatic carbocycles. The maximum absolute atomic E-state index is 11.6. The molecule has 0 atom stereocenters. The minimum absolute atomic E-state index is 0.114. The van der Waals surface area contributed by atoms with Crippen LogP contribution in [0, 0.1) is 0 Å². The predicted octanol–water partition coefficient (Wildman–Crippen LogP) is 0.611. The minimum Gasteiger partial charge on any atom is -0.352 e. The summed E-state index contributed by atoms with van der Waals surface area (Å²) < 4.78 is 1.79. The molecule has 0 bridgehead atoms. The summed E-state index contributed by atoms with van der Waals surface area (Å²) in [5.74, 6) is 0.114. The highest BCUT2D eigenvalue weighted by atomic mass is 16.1. The lowest BCUT2D eigenvalue weighted by Gasteiger charge is -2.12. The van der Waals surface area contributed by atoms with Gasteiger partial charge in [-0.15, -0.1) is 0 Å². The molecule has 5 nitrogen and oxygen atoms in total. The van der Waals surface area contributed by atoms with E-state index in [1.807, 2.05) is 19.3 Å². The summed E-state index contributed by atoms with van der Waals surface area (Å²) in [6.07, 6.45) is 7.56. The SMILES string of the molecule is Cn1ccc(CCNCC(=O)NC2CCCC2)n1. The van der Waals surface area contributed by atoms with Crippen molar-refractivity contribution in [2.24, 2.45) is 7.05 Å². The number of aryl methyl sites for hydroxylation is 1. The van der Waals surface area contributed by atoms with E-state index in [1.54, 1.807) is 4.68 Å². The van der Waals surface area contributed by atoms with Crippen LogP contribution in [-0.4, -0.2) is 34.8 Å². The molecule has 1 amide bonds. The van der Waals surface area contributed by atoms with Crippen molar-refractivity contribution in [2.75, 3.05) is 13.1 Å². The number of carbonyl (C=O) groups excluding carboxylic acids is 1. The third kappa shape index (κ3) is 4.14. The first-order valence-corrected chi connectivity index (χ1v) is 6.72. The molecule has 100 valence electrons. The lowest BCUT2D eigenvalue weighted by atomic mass is 10.2. The van der Waals surface area contributed by atoms with Gasteiger partial charge in [0.15, 0.2) is 0 Å². The van der Waals surface area contributed by atoms with Crippen molar-refractivity contribution in [2.45, 2.75) is 38.1 Å². The Balaban J connectivity index is 1.56. The number of aromatic nitrogens is 2. The van der Waals surface area contributed by atoms with Gasteiger partial charge in [-0.2, -0.15) is 5.10 Å². The molecule has 5 heteroatoms. The van der Waals surface area contributed by atoms with Crippen LogP contribution in [0.2, 0.25) is 0 Å². The van der Waals surface area contributed by atoms with Crippen molar-refractivity contribution in [3.8, 4) is 0 Å². The normalized spacial score (nSPS) is 16.1. The Morgan fingerprint density at radius 3 is 2.94 bits per heavy atom.